The molecule has 0 saturated carbocycles. The first kappa shape index (κ1) is 11.8. The largest absolute Gasteiger partial charge is 0.310 e. The minimum atomic E-state index is 0.278. The Morgan fingerprint density at radius 3 is 2.64 bits per heavy atom. The van der Waals surface area contributed by atoms with Gasteiger partial charge in [-0.3, -0.25) is 0 Å². The molecule has 0 radical (unpaired) electrons. The lowest BCUT2D eigenvalue weighted by atomic mass is 10.1. The van der Waals surface area contributed by atoms with E-state index in [2.05, 4.69) is 19.2 Å². The van der Waals surface area contributed by atoms with Gasteiger partial charge in [0.2, 0.25) is 0 Å². The zero-order valence-corrected chi connectivity index (χ0v) is 9.99. The van der Waals surface area contributed by atoms with Crippen LogP contribution in [0.25, 0.3) is 0 Å². The van der Waals surface area contributed by atoms with Gasteiger partial charge in [0.1, 0.15) is 0 Å². The highest BCUT2D eigenvalue weighted by Crippen LogP contribution is 2.25. The van der Waals surface area contributed by atoms with E-state index in [-0.39, 0.29) is 6.04 Å². The maximum Gasteiger partial charge on any atom is 0.0468 e. The van der Waals surface area contributed by atoms with E-state index in [0.717, 1.165) is 23.6 Å². The number of hydrogen-bond donors (Lipinski definition) is 1. The average Bonchev–Trinajstić information content (AvgIpc) is 2.14. The quantitative estimate of drug-likeness (QED) is 0.825. The van der Waals surface area contributed by atoms with Crippen LogP contribution in [0.5, 0.6) is 0 Å². The lowest BCUT2D eigenvalue weighted by molar-refractivity contribution is 0.571. The van der Waals surface area contributed by atoms with E-state index in [9.17, 15) is 0 Å². The molecule has 0 unspecified atom stereocenters. The second-order valence-corrected chi connectivity index (χ2v) is 4.19. The highest BCUT2D eigenvalue weighted by atomic mass is 35.5. The predicted octanol–water partition coefficient (Wildman–Crippen LogP) is 4.05. The van der Waals surface area contributed by atoms with Gasteiger partial charge in [-0.15, -0.1) is 0 Å². The third-order valence-corrected chi connectivity index (χ3v) is 2.69. The molecule has 1 aromatic carbocycles. The fraction of sp³-hybridized carbons (Fsp3) is 0.455. The van der Waals surface area contributed by atoms with Crippen molar-refractivity contribution in [2.24, 2.45) is 0 Å². The molecule has 14 heavy (non-hydrogen) atoms. The van der Waals surface area contributed by atoms with Gasteiger partial charge in [-0.1, -0.05) is 36.2 Å². The molecule has 1 nitrogen and oxygen atoms in total. The second-order valence-electron chi connectivity index (χ2n) is 3.34. The number of nitrogens with one attached hydrogen (secondary N) is 1. The van der Waals surface area contributed by atoms with E-state index in [4.69, 9.17) is 23.2 Å². The molecule has 78 valence electrons. The van der Waals surface area contributed by atoms with Crippen LogP contribution in [0.3, 0.4) is 0 Å². The van der Waals surface area contributed by atoms with Crippen molar-refractivity contribution in [3.8, 4) is 0 Å². The van der Waals surface area contributed by atoms with Crippen LogP contribution < -0.4 is 5.32 Å². The summed E-state index contributed by atoms with van der Waals surface area (Å²) >= 11 is 11.9. The Hall–Kier alpha value is -0.240. The molecule has 0 saturated heterocycles. The molecule has 0 aliphatic rings. The first-order chi connectivity index (χ1) is 6.65. The van der Waals surface area contributed by atoms with Crippen molar-refractivity contribution >= 4 is 23.2 Å². The van der Waals surface area contributed by atoms with Crippen LogP contribution in [-0.2, 0) is 0 Å². The van der Waals surface area contributed by atoms with Crippen molar-refractivity contribution < 1.29 is 0 Å². The van der Waals surface area contributed by atoms with E-state index in [1.165, 1.54) is 0 Å². The Morgan fingerprint density at radius 1 is 1.36 bits per heavy atom. The lowest BCUT2D eigenvalue weighted by Gasteiger charge is -2.15. The molecule has 1 atom stereocenters. The summed E-state index contributed by atoms with van der Waals surface area (Å²) in [6.45, 7) is 5.24. The Kier molecular flexibility index (Phi) is 4.73. The Balaban J connectivity index is 2.74. The van der Waals surface area contributed by atoms with Crippen molar-refractivity contribution in [3.63, 3.8) is 0 Å². The van der Waals surface area contributed by atoms with Crippen LogP contribution in [0.4, 0.5) is 0 Å². The van der Waals surface area contributed by atoms with E-state index in [1.54, 1.807) is 6.07 Å². The highest BCUT2D eigenvalue weighted by molar-refractivity contribution is 6.35. The monoisotopic (exact) mass is 231 g/mol. The fourth-order valence-electron chi connectivity index (χ4n) is 1.32. The number of hydrogen-bond acceptors (Lipinski definition) is 1. The molecule has 0 bridgehead atoms. The Morgan fingerprint density at radius 2 is 2.07 bits per heavy atom. The molecule has 0 aliphatic heterocycles. The third kappa shape index (κ3) is 3.16. The fourth-order valence-corrected chi connectivity index (χ4v) is 1.90. The van der Waals surface area contributed by atoms with Gasteiger partial charge >= 0.3 is 0 Å². The summed E-state index contributed by atoms with van der Waals surface area (Å²) in [4.78, 5) is 0. The predicted molar refractivity (Wildman–Crippen MR) is 63.2 cm³/mol. The topological polar surface area (TPSA) is 12.0 Å². The zero-order chi connectivity index (χ0) is 10.6. The lowest BCUT2D eigenvalue weighted by Crippen LogP contribution is -2.19. The standard InChI is InChI=1S/C11H15Cl2N/c1-3-6-14-8(2)10-5-4-9(12)7-11(10)13/h4-5,7-8,14H,3,6H2,1-2H3/t8-/m1/s1. The van der Waals surface area contributed by atoms with Gasteiger partial charge in [-0.05, 0) is 37.6 Å². The van der Waals surface area contributed by atoms with Gasteiger partial charge in [-0.25, -0.2) is 0 Å². The minimum Gasteiger partial charge on any atom is -0.310 e. The second kappa shape index (κ2) is 5.59. The van der Waals surface area contributed by atoms with Crippen LogP contribution >= 0.6 is 23.2 Å². The van der Waals surface area contributed by atoms with E-state index < -0.39 is 0 Å². The Labute approximate surface area is 95.4 Å². The summed E-state index contributed by atoms with van der Waals surface area (Å²) in [5, 5.41) is 4.79. The summed E-state index contributed by atoms with van der Waals surface area (Å²) in [7, 11) is 0. The average molecular weight is 232 g/mol. The molecule has 1 N–H and O–H groups in total. The van der Waals surface area contributed by atoms with Crippen LogP contribution in [-0.4, -0.2) is 6.54 Å². The molecule has 0 aromatic heterocycles. The highest BCUT2D eigenvalue weighted by Gasteiger charge is 2.08. The number of benzene rings is 1. The van der Waals surface area contributed by atoms with Gasteiger partial charge in [0, 0.05) is 16.1 Å². The van der Waals surface area contributed by atoms with Crippen LogP contribution in [0.2, 0.25) is 10.0 Å². The molecule has 1 rings (SSSR count). The van der Waals surface area contributed by atoms with Gasteiger partial charge in [0.05, 0.1) is 0 Å². The molecule has 0 fully saturated rings. The summed E-state index contributed by atoms with van der Waals surface area (Å²) in [5.74, 6) is 0. The first-order valence-corrected chi connectivity index (χ1v) is 5.59. The summed E-state index contributed by atoms with van der Waals surface area (Å²) in [6, 6.07) is 5.90. The summed E-state index contributed by atoms with van der Waals surface area (Å²) < 4.78 is 0. The van der Waals surface area contributed by atoms with Gasteiger partial charge in [-0.2, -0.15) is 0 Å². The van der Waals surface area contributed by atoms with Crippen molar-refractivity contribution in [1.82, 2.24) is 5.32 Å². The van der Waals surface area contributed by atoms with Crippen LogP contribution in [0, 0.1) is 0 Å². The maximum atomic E-state index is 6.08. The van der Waals surface area contributed by atoms with Crippen molar-refractivity contribution in [3.05, 3.63) is 33.8 Å². The molecule has 3 heteroatoms. The maximum absolute atomic E-state index is 6.08. The molecular formula is C11H15Cl2N. The number of rotatable bonds is 4. The van der Waals surface area contributed by atoms with Crippen molar-refractivity contribution in [2.45, 2.75) is 26.3 Å². The van der Waals surface area contributed by atoms with Gasteiger partial charge in [0.25, 0.3) is 0 Å². The van der Waals surface area contributed by atoms with E-state index in [1.807, 2.05) is 12.1 Å². The zero-order valence-electron chi connectivity index (χ0n) is 8.48. The molecule has 1 aromatic rings. The van der Waals surface area contributed by atoms with Gasteiger partial charge in [0.15, 0.2) is 0 Å². The molecule has 0 heterocycles. The third-order valence-electron chi connectivity index (χ3n) is 2.13. The molecule has 0 spiro atoms. The first-order valence-electron chi connectivity index (χ1n) is 4.83. The summed E-state index contributed by atoms with van der Waals surface area (Å²) in [6.07, 6.45) is 1.12. The minimum absolute atomic E-state index is 0.278. The Bertz CT molecular complexity index is 299. The SMILES string of the molecule is CCCN[C@H](C)c1ccc(Cl)cc1Cl. The van der Waals surface area contributed by atoms with E-state index >= 15 is 0 Å². The molecule has 0 aliphatic carbocycles. The van der Waals surface area contributed by atoms with Crippen LogP contribution in [0.1, 0.15) is 31.9 Å². The van der Waals surface area contributed by atoms with Crippen molar-refractivity contribution in [2.75, 3.05) is 6.54 Å². The van der Waals surface area contributed by atoms with E-state index in [0.29, 0.717) is 5.02 Å². The van der Waals surface area contributed by atoms with Gasteiger partial charge < -0.3 is 5.32 Å². The number of halogens is 2. The normalized spacial score (nSPS) is 12.9. The molecular weight excluding hydrogens is 217 g/mol. The van der Waals surface area contributed by atoms with Crippen LogP contribution in [0.15, 0.2) is 18.2 Å². The summed E-state index contributed by atoms with van der Waals surface area (Å²) in [5.41, 5.74) is 1.10. The molecule has 0 amide bonds. The van der Waals surface area contributed by atoms with Crippen molar-refractivity contribution in [1.29, 1.82) is 0 Å². The smallest absolute Gasteiger partial charge is 0.0468 e.